The summed E-state index contributed by atoms with van der Waals surface area (Å²) in [6, 6.07) is -0.369. The molecule has 0 aliphatic heterocycles. The Morgan fingerprint density at radius 1 is 0.265 bits per heavy atom. The fourth-order valence-corrected chi connectivity index (χ4v) is 6.63. The fourth-order valence-electron chi connectivity index (χ4n) is 6.63. The van der Waals surface area contributed by atoms with Crippen LogP contribution in [0.2, 0.25) is 0 Å². The quantitative estimate of drug-likeness (QED) is 0.0558. The molecule has 0 spiro atoms. The Morgan fingerprint density at radius 3 is 0.747 bits per heavy atom. The highest BCUT2D eigenvalue weighted by atomic mass is 16.6. The Morgan fingerprint density at radius 2 is 0.482 bits per heavy atom. The van der Waals surface area contributed by atoms with E-state index in [4.69, 9.17) is 42.6 Å². The zero-order valence-electron chi connectivity index (χ0n) is 53.8. The van der Waals surface area contributed by atoms with Gasteiger partial charge in [-0.15, -0.1) is 0 Å². The summed E-state index contributed by atoms with van der Waals surface area (Å²) in [5.41, 5.74) is 0. The first kappa shape index (κ1) is 77.9. The molecule has 482 valence electrons. The van der Waals surface area contributed by atoms with Crippen molar-refractivity contribution in [1.82, 2.24) is 44.1 Å². The topological polar surface area (TPSA) is 266 Å². The minimum atomic E-state index is -0.653. The van der Waals surface area contributed by atoms with Crippen LogP contribution in [0.25, 0.3) is 0 Å². The predicted molar refractivity (Wildman–Crippen MR) is 309 cm³/mol. The standard InChI is InChI=1S/C56H105N9O18/c1-39(2)30-75-42(5)33-78-45(8)36-81-55(73)28-64(19)52(70)25-61(16)49(67)22-58(13)41(4)32-77-44(7)35-80-47(10)38-83-56(74)29-65(20)53(71)26-62(17)50(68)23-59(14)40(3)31-76-43(6)34-79-46(9)37-82-54(72)27-63(18)51(69)24-60(15)48(66)21-57(11)12/h39-47H,21-38H2,1-20H3. The Hall–Kier alpha value is -5.13. The number of hydrogen-bond donors (Lipinski definition) is 0. The number of rotatable bonds is 44. The van der Waals surface area contributed by atoms with Crippen molar-refractivity contribution in [1.29, 1.82) is 0 Å². The molecule has 0 aromatic carbocycles. The van der Waals surface area contributed by atoms with Crippen LogP contribution in [0.4, 0.5) is 0 Å². The van der Waals surface area contributed by atoms with Gasteiger partial charge in [-0.05, 0) is 89.5 Å². The van der Waals surface area contributed by atoms with Gasteiger partial charge in [-0.25, -0.2) is 0 Å². The minimum Gasteiger partial charge on any atom is -0.462 e. The van der Waals surface area contributed by atoms with Crippen LogP contribution < -0.4 is 0 Å². The van der Waals surface area contributed by atoms with Gasteiger partial charge < -0.3 is 76.9 Å². The number of ether oxygens (including phenoxy) is 9. The van der Waals surface area contributed by atoms with E-state index in [1.165, 1.54) is 71.7 Å². The summed E-state index contributed by atoms with van der Waals surface area (Å²) in [6.07, 6.45) is -2.09. The molecular weight excluding hydrogens is 1090 g/mol. The number of carbonyl (C=O) groups is 9. The summed E-state index contributed by atoms with van der Waals surface area (Å²) in [7, 11) is 15.9. The summed E-state index contributed by atoms with van der Waals surface area (Å²) in [5, 5.41) is 0. The molecule has 0 aromatic rings. The van der Waals surface area contributed by atoms with Gasteiger partial charge in [-0.2, -0.15) is 0 Å². The molecule has 0 rings (SSSR count). The third kappa shape index (κ3) is 37.0. The molecule has 0 radical (unpaired) electrons. The van der Waals surface area contributed by atoms with E-state index in [9.17, 15) is 43.2 Å². The molecule has 0 aliphatic rings. The number of esters is 3. The van der Waals surface area contributed by atoms with Crippen molar-refractivity contribution in [2.45, 2.75) is 118 Å². The van der Waals surface area contributed by atoms with Crippen molar-refractivity contribution in [2.24, 2.45) is 5.92 Å². The zero-order valence-corrected chi connectivity index (χ0v) is 53.8. The summed E-state index contributed by atoms with van der Waals surface area (Å²) in [5.74, 6) is -3.59. The van der Waals surface area contributed by atoms with Crippen molar-refractivity contribution in [3.63, 3.8) is 0 Å². The van der Waals surface area contributed by atoms with E-state index in [1.807, 2.05) is 34.6 Å². The van der Waals surface area contributed by atoms with Crippen LogP contribution in [0.5, 0.6) is 0 Å². The van der Waals surface area contributed by atoms with Crippen molar-refractivity contribution in [3.8, 4) is 0 Å². The van der Waals surface area contributed by atoms with Gasteiger partial charge in [0.1, 0.15) is 39.5 Å². The lowest BCUT2D eigenvalue weighted by Crippen LogP contribution is -2.46. The maximum atomic E-state index is 13.1. The van der Waals surface area contributed by atoms with Gasteiger partial charge in [-0.3, -0.25) is 53.0 Å². The zero-order chi connectivity index (χ0) is 63.7. The lowest BCUT2D eigenvalue weighted by atomic mass is 10.2. The smallest absolute Gasteiger partial charge is 0.325 e. The molecule has 8 atom stereocenters. The van der Waals surface area contributed by atoms with Crippen LogP contribution in [-0.2, 0) is 85.8 Å². The van der Waals surface area contributed by atoms with E-state index in [0.717, 1.165) is 0 Å². The summed E-state index contributed by atoms with van der Waals surface area (Å²) < 4.78 is 50.8. The highest BCUT2D eigenvalue weighted by Crippen LogP contribution is 2.08. The molecule has 27 nitrogen and oxygen atoms in total. The summed E-state index contributed by atoms with van der Waals surface area (Å²) >= 11 is 0. The van der Waals surface area contributed by atoms with Gasteiger partial charge in [-0.1, -0.05) is 13.8 Å². The van der Waals surface area contributed by atoms with Gasteiger partial charge in [0.15, 0.2) is 0 Å². The van der Waals surface area contributed by atoms with Crippen LogP contribution in [0.1, 0.15) is 69.2 Å². The van der Waals surface area contributed by atoms with E-state index in [0.29, 0.717) is 19.1 Å². The first-order valence-electron chi connectivity index (χ1n) is 28.3. The number of hydrogen-bond acceptors (Lipinski definition) is 21. The normalized spacial score (nSPS) is 14.5. The molecule has 27 heteroatoms. The highest BCUT2D eigenvalue weighted by Gasteiger charge is 2.25. The molecule has 0 N–H and O–H groups in total. The van der Waals surface area contributed by atoms with Gasteiger partial charge >= 0.3 is 17.9 Å². The van der Waals surface area contributed by atoms with Crippen LogP contribution in [0, 0.1) is 5.92 Å². The minimum absolute atomic E-state index is 0.00375. The van der Waals surface area contributed by atoms with Crippen LogP contribution in [0.15, 0.2) is 0 Å². The molecule has 0 saturated heterocycles. The Balaban J connectivity index is 4.51. The Labute approximate surface area is 494 Å². The SMILES string of the molecule is CC(C)COC(C)COC(C)COC(=O)CN(C)C(=O)CN(C)C(=O)CN(C)C(C)COC(C)COC(C)COC(=O)CN(C)C(=O)CN(C)C(=O)CN(C)C(C)COC(C)COC(C)COC(=O)CN(C)C(=O)CN(C)C(=O)CN(C)C. The average Bonchev–Trinajstić information content (AvgIpc) is 3.42. The second-order valence-corrected chi connectivity index (χ2v) is 22.6. The van der Waals surface area contributed by atoms with E-state index < -0.39 is 47.8 Å². The van der Waals surface area contributed by atoms with Crippen LogP contribution >= 0.6 is 0 Å². The maximum Gasteiger partial charge on any atom is 0.325 e. The van der Waals surface area contributed by atoms with Crippen molar-refractivity contribution >= 4 is 53.4 Å². The molecule has 0 saturated carbocycles. The Bertz CT molecular complexity index is 1970. The molecule has 0 fully saturated rings. The van der Waals surface area contributed by atoms with Gasteiger partial charge in [0, 0.05) is 61.0 Å². The Kier molecular flexibility index (Phi) is 39.2. The molecule has 0 aromatic heterocycles. The number of amides is 6. The van der Waals surface area contributed by atoms with E-state index in [1.54, 1.807) is 63.7 Å². The second kappa shape index (κ2) is 41.8. The monoisotopic (exact) mass is 1190 g/mol. The fraction of sp³-hybridized carbons (Fsp3) is 0.839. The molecule has 6 amide bonds. The lowest BCUT2D eigenvalue weighted by molar-refractivity contribution is -0.153. The summed E-state index contributed by atoms with van der Waals surface area (Å²) in [4.78, 5) is 127. The molecule has 83 heavy (non-hydrogen) atoms. The third-order valence-electron chi connectivity index (χ3n) is 12.7. The molecule has 0 aliphatic carbocycles. The molecule has 0 bridgehead atoms. The molecule has 8 unspecified atom stereocenters. The largest absolute Gasteiger partial charge is 0.462 e. The van der Waals surface area contributed by atoms with Gasteiger partial charge in [0.05, 0.1) is 109 Å². The van der Waals surface area contributed by atoms with Gasteiger partial charge in [0.25, 0.3) is 0 Å². The summed E-state index contributed by atoms with van der Waals surface area (Å²) in [6.45, 7) is 19.1. The first-order valence-corrected chi connectivity index (χ1v) is 28.3. The van der Waals surface area contributed by atoms with E-state index in [2.05, 4.69) is 13.8 Å². The highest BCUT2D eigenvalue weighted by molar-refractivity contribution is 5.89. The molecule has 0 heterocycles. The van der Waals surface area contributed by atoms with E-state index in [-0.39, 0.29) is 159 Å². The van der Waals surface area contributed by atoms with Crippen LogP contribution in [-0.4, -0.2) is 335 Å². The predicted octanol–water partition coefficient (Wildman–Crippen LogP) is -0.345. The lowest BCUT2D eigenvalue weighted by Gasteiger charge is -2.28. The first-order chi connectivity index (χ1) is 38.6. The van der Waals surface area contributed by atoms with Crippen LogP contribution in [0.3, 0.4) is 0 Å². The van der Waals surface area contributed by atoms with Crippen molar-refractivity contribution in [2.75, 3.05) is 189 Å². The average molecular weight is 1190 g/mol. The van der Waals surface area contributed by atoms with Crippen molar-refractivity contribution < 1.29 is 85.8 Å². The second-order valence-electron chi connectivity index (χ2n) is 22.6. The van der Waals surface area contributed by atoms with Gasteiger partial charge in [0.2, 0.25) is 35.4 Å². The maximum absolute atomic E-state index is 13.1. The number of likely N-dealkylation sites (N-methyl/N-ethyl adjacent to an activating group) is 9. The number of carbonyl (C=O) groups excluding carboxylic acids is 9. The molecular formula is C56H105N9O18. The van der Waals surface area contributed by atoms with E-state index >= 15 is 0 Å². The number of nitrogens with zero attached hydrogens (tertiary/aromatic N) is 9. The third-order valence-corrected chi connectivity index (χ3v) is 12.7. The van der Waals surface area contributed by atoms with Crippen molar-refractivity contribution in [3.05, 3.63) is 0 Å².